The standard InChI is InChI=1S/C22H17ClN2O4/c1-12(23)10-11-24-20(26)18-17-13-6-2-4-8-15(13)22(25(28)29,19(18)21(24)27)16-9-5-3-7-14(16)17/h2-10,17-19H,11H2,1H3/b12-10-/t17?,18-,19-,22?/m0/s1. The molecule has 146 valence electrons. The fourth-order valence-corrected chi connectivity index (χ4v) is 5.57. The van der Waals surface area contributed by atoms with Crippen molar-refractivity contribution in [3.8, 4) is 0 Å². The molecule has 6 rings (SSSR count). The zero-order valence-corrected chi connectivity index (χ0v) is 16.3. The Morgan fingerprint density at radius 3 is 2.17 bits per heavy atom. The van der Waals surface area contributed by atoms with E-state index in [0.717, 1.165) is 16.0 Å². The lowest BCUT2D eigenvalue weighted by atomic mass is 9.51. The van der Waals surface area contributed by atoms with E-state index in [1.807, 2.05) is 24.3 Å². The number of allylic oxidation sites excluding steroid dienone is 1. The largest absolute Gasteiger partial charge is 0.284 e. The summed E-state index contributed by atoms with van der Waals surface area (Å²) in [7, 11) is 0. The fourth-order valence-electron chi connectivity index (χ4n) is 5.50. The number of nitrogens with zero attached hydrogens (tertiary/aromatic N) is 2. The van der Waals surface area contributed by atoms with Crippen molar-refractivity contribution in [1.29, 1.82) is 0 Å². The molecule has 1 saturated heterocycles. The van der Waals surface area contributed by atoms with E-state index >= 15 is 0 Å². The minimum Gasteiger partial charge on any atom is -0.278 e. The molecule has 2 aromatic rings. The number of amides is 2. The Bertz CT molecular complexity index is 1070. The first-order valence-electron chi connectivity index (χ1n) is 9.41. The molecule has 4 aliphatic rings. The topological polar surface area (TPSA) is 80.5 Å². The highest BCUT2D eigenvalue weighted by atomic mass is 35.5. The van der Waals surface area contributed by atoms with E-state index in [2.05, 4.69) is 0 Å². The van der Waals surface area contributed by atoms with Crippen molar-refractivity contribution in [1.82, 2.24) is 4.90 Å². The lowest BCUT2D eigenvalue weighted by Gasteiger charge is -2.48. The Kier molecular flexibility index (Phi) is 3.74. The molecule has 2 aromatic carbocycles. The van der Waals surface area contributed by atoms with Gasteiger partial charge in [0.15, 0.2) is 0 Å². The van der Waals surface area contributed by atoms with E-state index in [9.17, 15) is 19.7 Å². The van der Waals surface area contributed by atoms with Crippen molar-refractivity contribution < 1.29 is 14.5 Å². The Morgan fingerprint density at radius 1 is 1.10 bits per heavy atom. The second-order valence-electron chi connectivity index (χ2n) is 7.76. The molecule has 3 aliphatic carbocycles. The van der Waals surface area contributed by atoms with Gasteiger partial charge in [-0.1, -0.05) is 66.2 Å². The molecule has 0 unspecified atom stereocenters. The summed E-state index contributed by atoms with van der Waals surface area (Å²) in [6.45, 7) is 1.68. The van der Waals surface area contributed by atoms with Gasteiger partial charge in [-0.3, -0.25) is 24.6 Å². The molecule has 2 amide bonds. The summed E-state index contributed by atoms with van der Waals surface area (Å²) in [5.74, 6) is -3.10. The average molecular weight is 409 g/mol. The van der Waals surface area contributed by atoms with Crippen LogP contribution < -0.4 is 0 Å². The summed E-state index contributed by atoms with van der Waals surface area (Å²) in [4.78, 5) is 40.2. The average Bonchev–Trinajstić information content (AvgIpc) is 2.97. The first-order valence-corrected chi connectivity index (χ1v) is 9.79. The monoisotopic (exact) mass is 408 g/mol. The van der Waals surface area contributed by atoms with E-state index in [0.29, 0.717) is 16.2 Å². The molecule has 0 saturated carbocycles. The number of nitro groups is 1. The van der Waals surface area contributed by atoms with Gasteiger partial charge in [0.1, 0.15) is 5.92 Å². The molecule has 29 heavy (non-hydrogen) atoms. The molecule has 0 radical (unpaired) electrons. The van der Waals surface area contributed by atoms with Gasteiger partial charge in [-0.15, -0.1) is 0 Å². The van der Waals surface area contributed by atoms with Crippen LogP contribution in [0.4, 0.5) is 0 Å². The molecule has 0 aromatic heterocycles. The number of hydrogen-bond acceptors (Lipinski definition) is 4. The Balaban J connectivity index is 1.82. The minimum atomic E-state index is -1.77. The van der Waals surface area contributed by atoms with E-state index in [-0.39, 0.29) is 23.3 Å². The maximum atomic E-state index is 13.4. The van der Waals surface area contributed by atoms with Crippen molar-refractivity contribution >= 4 is 23.4 Å². The second-order valence-corrected chi connectivity index (χ2v) is 8.35. The lowest BCUT2D eigenvalue weighted by Crippen LogP contribution is -2.57. The van der Waals surface area contributed by atoms with E-state index < -0.39 is 23.3 Å². The van der Waals surface area contributed by atoms with E-state index in [1.54, 1.807) is 37.3 Å². The molecule has 1 heterocycles. The fraction of sp³-hybridized carbons (Fsp3) is 0.273. The number of rotatable bonds is 3. The molecule has 1 fully saturated rings. The highest BCUT2D eigenvalue weighted by Crippen LogP contribution is 2.64. The second kappa shape index (κ2) is 6.00. The van der Waals surface area contributed by atoms with Crippen LogP contribution in [0, 0.1) is 22.0 Å². The Hall–Kier alpha value is -2.99. The van der Waals surface area contributed by atoms with E-state index in [4.69, 9.17) is 11.6 Å². The van der Waals surface area contributed by atoms with Gasteiger partial charge in [-0.05, 0) is 18.1 Å². The quantitative estimate of drug-likeness (QED) is 0.443. The minimum absolute atomic E-state index is 0.0210. The van der Waals surface area contributed by atoms with Crippen LogP contribution >= 0.6 is 11.6 Å². The summed E-state index contributed by atoms with van der Waals surface area (Å²) in [5.41, 5.74) is 0.782. The van der Waals surface area contributed by atoms with Crippen LogP contribution in [0.5, 0.6) is 0 Å². The highest BCUT2D eigenvalue weighted by Gasteiger charge is 2.74. The normalized spacial score (nSPS) is 29.5. The van der Waals surface area contributed by atoms with Gasteiger partial charge in [0.2, 0.25) is 11.8 Å². The first-order chi connectivity index (χ1) is 13.9. The third-order valence-corrected chi connectivity index (χ3v) is 6.66. The molecular formula is C22H17ClN2O4. The number of imide groups is 1. The maximum absolute atomic E-state index is 13.4. The van der Waals surface area contributed by atoms with Crippen molar-refractivity contribution in [3.63, 3.8) is 0 Å². The molecular weight excluding hydrogens is 392 g/mol. The number of carbonyl (C=O) groups is 2. The predicted octanol–water partition coefficient (Wildman–Crippen LogP) is 3.41. The van der Waals surface area contributed by atoms with Crippen molar-refractivity contribution in [2.24, 2.45) is 11.8 Å². The summed E-state index contributed by atoms with van der Waals surface area (Å²) in [6, 6.07) is 14.3. The van der Waals surface area contributed by atoms with Crippen LogP contribution in [0.15, 0.2) is 59.6 Å². The van der Waals surface area contributed by atoms with Crippen LogP contribution in [-0.4, -0.2) is 28.2 Å². The van der Waals surface area contributed by atoms with Gasteiger partial charge >= 0.3 is 0 Å². The molecule has 1 aliphatic heterocycles. The van der Waals surface area contributed by atoms with Gasteiger partial charge in [0.05, 0.1) is 5.92 Å². The number of hydrogen-bond donors (Lipinski definition) is 0. The Labute approximate surface area is 171 Å². The number of halogens is 1. The molecule has 7 heteroatoms. The zero-order chi connectivity index (χ0) is 20.5. The SMILES string of the molecule is C/C(Cl)=C/CN1C(=O)[C@@H]2[C@@H](C1=O)C1c3ccccc3C2([N+](=O)[O-])c2ccccc21. The number of carbonyl (C=O) groups excluding carboxylic acids is 2. The van der Waals surface area contributed by atoms with Crippen LogP contribution in [0.2, 0.25) is 0 Å². The smallest absolute Gasteiger partial charge is 0.278 e. The summed E-state index contributed by atoms with van der Waals surface area (Å²) in [6.07, 6.45) is 1.58. The van der Waals surface area contributed by atoms with Crippen LogP contribution in [0.3, 0.4) is 0 Å². The predicted molar refractivity (Wildman–Crippen MR) is 106 cm³/mol. The summed E-state index contributed by atoms with van der Waals surface area (Å²) >= 11 is 5.90. The highest BCUT2D eigenvalue weighted by molar-refractivity contribution is 6.29. The van der Waals surface area contributed by atoms with E-state index in [1.165, 1.54) is 0 Å². The summed E-state index contributed by atoms with van der Waals surface area (Å²) < 4.78 is 0. The van der Waals surface area contributed by atoms with Gasteiger partial charge in [-0.2, -0.15) is 0 Å². The molecule has 2 bridgehead atoms. The molecule has 6 nitrogen and oxygen atoms in total. The maximum Gasteiger partial charge on any atom is 0.284 e. The first kappa shape index (κ1) is 18.1. The number of likely N-dealkylation sites (tertiary alicyclic amines) is 1. The van der Waals surface area contributed by atoms with Crippen LogP contribution in [0.1, 0.15) is 35.1 Å². The third kappa shape index (κ3) is 2.07. The lowest BCUT2D eigenvalue weighted by molar-refractivity contribution is -0.578. The molecule has 0 N–H and O–H groups in total. The van der Waals surface area contributed by atoms with Gasteiger partial charge in [0, 0.05) is 33.5 Å². The van der Waals surface area contributed by atoms with Crippen molar-refractivity contribution in [3.05, 3.63) is 92.0 Å². The summed E-state index contributed by atoms with van der Waals surface area (Å²) in [5, 5.41) is 13.2. The van der Waals surface area contributed by atoms with Crippen LogP contribution in [0.25, 0.3) is 0 Å². The number of benzene rings is 2. The molecule has 0 spiro atoms. The Morgan fingerprint density at radius 2 is 1.66 bits per heavy atom. The van der Waals surface area contributed by atoms with Crippen molar-refractivity contribution in [2.75, 3.05) is 6.54 Å². The van der Waals surface area contributed by atoms with Crippen LogP contribution in [-0.2, 0) is 15.1 Å². The van der Waals surface area contributed by atoms with Gasteiger partial charge in [0.25, 0.3) is 5.54 Å². The van der Waals surface area contributed by atoms with Gasteiger partial charge in [-0.25, -0.2) is 0 Å². The van der Waals surface area contributed by atoms with Gasteiger partial charge < -0.3 is 0 Å². The van der Waals surface area contributed by atoms with Crippen molar-refractivity contribution in [2.45, 2.75) is 18.4 Å². The molecule has 2 atom stereocenters. The third-order valence-electron chi connectivity index (χ3n) is 6.51. The zero-order valence-electron chi connectivity index (χ0n) is 15.5.